The Balaban J connectivity index is 2.38. The second-order valence-electron chi connectivity index (χ2n) is 3.44. The van der Waals surface area contributed by atoms with Crippen molar-refractivity contribution in [1.29, 1.82) is 0 Å². The van der Waals surface area contributed by atoms with E-state index in [4.69, 9.17) is 0 Å². The third kappa shape index (κ3) is 4.21. The maximum absolute atomic E-state index is 11.5. The molecule has 7 nitrogen and oxygen atoms in total. The Morgan fingerprint density at radius 2 is 2.24 bits per heavy atom. The number of ether oxygens (including phenoxy) is 1. The molecule has 2 N–H and O–H groups in total. The van der Waals surface area contributed by atoms with Gasteiger partial charge in [-0.25, -0.2) is 4.98 Å². The van der Waals surface area contributed by atoms with Gasteiger partial charge in [-0.3, -0.25) is 14.7 Å². The van der Waals surface area contributed by atoms with Gasteiger partial charge in [-0.2, -0.15) is 0 Å². The Morgan fingerprint density at radius 3 is 2.88 bits per heavy atom. The summed E-state index contributed by atoms with van der Waals surface area (Å²) in [5.74, 6) is 0.0170. The number of hydrogen-bond acceptors (Lipinski definition) is 5. The average molecular weight is 240 g/mol. The van der Waals surface area contributed by atoms with Crippen molar-refractivity contribution in [3.63, 3.8) is 0 Å². The first-order valence-corrected chi connectivity index (χ1v) is 5.43. The fraction of sp³-hybridized carbons (Fsp3) is 0.600. The zero-order chi connectivity index (χ0) is 12.7. The smallest absolute Gasteiger partial charge is 0.307 e. The second kappa shape index (κ2) is 6.62. The highest BCUT2D eigenvalue weighted by Gasteiger charge is 2.12. The first-order chi connectivity index (χ1) is 8.17. The molecule has 1 aromatic heterocycles. The van der Waals surface area contributed by atoms with Gasteiger partial charge in [-0.05, 0) is 6.42 Å². The largest absolute Gasteiger partial charge is 0.469 e. The fourth-order valence-corrected chi connectivity index (χ4v) is 1.20. The summed E-state index contributed by atoms with van der Waals surface area (Å²) < 4.78 is 4.45. The number of nitrogens with one attached hydrogen (secondary N) is 2. The highest BCUT2D eigenvalue weighted by Crippen LogP contribution is 1.96. The van der Waals surface area contributed by atoms with Gasteiger partial charge in [0.05, 0.1) is 13.5 Å². The average Bonchev–Trinajstić information content (AvgIpc) is 2.78. The van der Waals surface area contributed by atoms with Crippen LogP contribution in [0.25, 0.3) is 0 Å². The maximum Gasteiger partial charge on any atom is 0.307 e. The third-order valence-electron chi connectivity index (χ3n) is 2.06. The molecule has 0 saturated carbocycles. The number of aromatic amines is 1. The number of carbonyl (C=O) groups excluding carboxylic acids is 2. The molecule has 1 aromatic rings. The predicted octanol–water partition coefficient (Wildman–Crippen LogP) is 0.0501. The zero-order valence-electron chi connectivity index (χ0n) is 9.95. The Morgan fingerprint density at radius 1 is 1.47 bits per heavy atom. The lowest BCUT2D eigenvalue weighted by Gasteiger charge is -2.00. The number of nitrogens with zero attached hydrogens (tertiary/aromatic N) is 2. The minimum absolute atomic E-state index is 0.0957. The van der Waals surface area contributed by atoms with Gasteiger partial charge in [0.1, 0.15) is 5.82 Å². The molecule has 7 heteroatoms. The molecule has 0 atom stereocenters. The van der Waals surface area contributed by atoms with Crippen molar-refractivity contribution in [2.75, 3.05) is 13.7 Å². The number of amides is 1. The molecule has 0 spiro atoms. The summed E-state index contributed by atoms with van der Waals surface area (Å²) in [6, 6.07) is 0. The number of H-pyrrole nitrogens is 1. The standard InChI is InChI=1S/C10H16N4O3/c1-3-4-7-12-9(14-13-7)10(16)11-6-5-8(15)17-2/h3-6H2,1-2H3,(H,11,16)(H,12,13,14). The molecule has 0 saturated heterocycles. The highest BCUT2D eigenvalue weighted by atomic mass is 16.5. The SMILES string of the molecule is CCCc1nc(C(=O)NCCC(=O)OC)n[nH]1. The molecule has 17 heavy (non-hydrogen) atoms. The van der Waals surface area contributed by atoms with Crippen LogP contribution in [0, 0.1) is 0 Å². The second-order valence-corrected chi connectivity index (χ2v) is 3.44. The van der Waals surface area contributed by atoms with Crippen LogP contribution in [-0.4, -0.2) is 40.7 Å². The van der Waals surface area contributed by atoms with Crippen LogP contribution in [0.1, 0.15) is 36.2 Å². The lowest BCUT2D eigenvalue weighted by Crippen LogP contribution is -2.27. The van der Waals surface area contributed by atoms with Crippen molar-refractivity contribution >= 4 is 11.9 Å². The predicted molar refractivity (Wildman–Crippen MR) is 59.3 cm³/mol. The highest BCUT2D eigenvalue weighted by molar-refractivity contribution is 5.90. The van der Waals surface area contributed by atoms with E-state index in [0.29, 0.717) is 5.82 Å². The molecule has 1 amide bonds. The number of esters is 1. The van der Waals surface area contributed by atoms with Crippen LogP contribution < -0.4 is 5.32 Å². The molecule has 94 valence electrons. The Hall–Kier alpha value is -1.92. The van der Waals surface area contributed by atoms with Crippen LogP contribution in [0.2, 0.25) is 0 Å². The summed E-state index contributed by atoms with van der Waals surface area (Å²) in [6.45, 7) is 2.22. The molecule has 1 heterocycles. The molecule has 0 aliphatic carbocycles. The molecule has 0 unspecified atom stereocenters. The van der Waals surface area contributed by atoms with E-state index in [-0.39, 0.29) is 24.8 Å². The molecule has 0 bridgehead atoms. The summed E-state index contributed by atoms with van der Waals surface area (Å²) in [7, 11) is 1.30. The van der Waals surface area contributed by atoms with E-state index >= 15 is 0 Å². The number of aryl methyl sites for hydroxylation is 1. The van der Waals surface area contributed by atoms with Gasteiger partial charge in [-0.15, -0.1) is 5.10 Å². The number of hydrogen-bond donors (Lipinski definition) is 2. The summed E-state index contributed by atoms with van der Waals surface area (Å²) in [4.78, 5) is 26.4. The van der Waals surface area contributed by atoms with Crippen LogP contribution in [0.15, 0.2) is 0 Å². The van der Waals surface area contributed by atoms with Crippen LogP contribution in [0.5, 0.6) is 0 Å². The van der Waals surface area contributed by atoms with Gasteiger partial charge < -0.3 is 10.1 Å². The van der Waals surface area contributed by atoms with Gasteiger partial charge in [0.2, 0.25) is 5.82 Å². The molecule has 0 aromatic carbocycles. The molecular formula is C10H16N4O3. The van der Waals surface area contributed by atoms with E-state index in [0.717, 1.165) is 12.8 Å². The van der Waals surface area contributed by atoms with E-state index in [2.05, 4.69) is 25.2 Å². The molecule has 1 rings (SSSR count). The number of rotatable bonds is 6. The molecule has 0 aliphatic heterocycles. The van der Waals surface area contributed by atoms with Gasteiger partial charge >= 0.3 is 5.97 Å². The Bertz CT molecular complexity index is 389. The third-order valence-corrected chi connectivity index (χ3v) is 2.06. The molecule has 0 radical (unpaired) electrons. The van der Waals surface area contributed by atoms with Crippen molar-refractivity contribution in [1.82, 2.24) is 20.5 Å². The van der Waals surface area contributed by atoms with Crippen molar-refractivity contribution in [2.45, 2.75) is 26.2 Å². The van der Waals surface area contributed by atoms with E-state index < -0.39 is 5.91 Å². The van der Waals surface area contributed by atoms with Gasteiger partial charge in [0.15, 0.2) is 0 Å². The Kier molecular flexibility index (Phi) is 5.12. The van der Waals surface area contributed by atoms with Crippen molar-refractivity contribution in [3.8, 4) is 0 Å². The minimum atomic E-state index is -0.396. The van der Waals surface area contributed by atoms with Gasteiger partial charge in [0.25, 0.3) is 5.91 Å². The molecule has 0 aliphatic rings. The lowest BCUT2D eigenvalue weighted by atomic mass is 10.3. The van der Waals surface area contributed by atoms with Gasteiger partial charge in [-0.1, -0.05) is 6.92 Å². The van der Waals surface area contributed by atoms with E-state index in [9.17, 15) is 9.59 Å². The van der Waals surface area contributed by atoms with Crippen molar-refractivity contribution in [2.24, 2.45) is 0 Å². The van der Waals surface area contributed by atoms with Gasteiger partial charge in [0, 0.05) is 13.0 Å². The monoisotopic (exact) mass is 240 g/mol. The van der Waals surface area contributed by atoms with E-state index in [1.165, 1.54) is 7.11 Å². The summed E-state index contributed by atoms with van der Waals surface area (Å²) in [6.07, 6.45) is 1.81. The maximum atomic E-state index is 11.5. The lowest BCUT2D eigenvalue weighted by molar-refractivity contribution is -0.140. The quantitative estimate of drug-likeness (QED) is 0.685. The summed E-state index contributed by atoms with van der Waals surface area (Å²) in [5, 5.41) is 9.01. The van der Waals surface area contributed by atoms with Crippen LogP contribution in [0.3, 0.4) is 0 Å². The summed E-state index contributed by atoms with van der Waals surface area (Å²) >= 11 is 0. The van der Waals surface area contributed by atoms with Crippen molar-refractivity contribution in [3.05, 3.63) is 11.6 Å². The van der Waals surface area contributed by atoms with Crippen LogP contribution in [0.4, 0.5) is 0 Å². The summed E-state index contributed by atoms with van der Waals surface area (Å²) in [5.41, 5.74) is 0. The first kappa shape index (κ1) is 13.1. The minimum Gasteiger partial charge on any atom is -0.469 e. The van der Waals surface area contributed by atoms with Crippen molar-refractivity contribution < 1.29 is 14.3 Å². The molecule has 0 fully saturated rings. The first-order valence-electron chi connectivity index (χ1n) is 5.43. The zero-order valence-corrected chi connectivity index (χ0v) is 9.95. The molecular weight excluding hydrogens is 224 g/mol. The topological polar surface area (TPSA) is 97.0 Å². The normalized spacial score (nSPS) is 10.0. The van der Waals surface area contributed by atoms with Crippen LogP contribution in [-0.2, 0) is 16.0 Å². The fourth-order valence-electron chi connectivity index (χ4n) is 1.20. The Labute approximate surface area is 99.0 Å². The van der Waals surface area contributed by atoms with Crippen LogP contribution >= 0.6 is 0 Å². The van der Waals surface area contributed by atoms with E-state index in [1.807, 2.05) is 6.92 Å². The number of aromatic nitrogens is 3. The van der Waals surface area contributed by atoms with E-state index in [1.54, 1.807) is 0 Å². The number of carbonyl (C=O) groups is 2. The number of methoxy groups -OCH3 is 1.